The lowest BCUT2D eigenvalue weighted by Gasteiger charge is -2.12. The number of unbranched alkanes of at least 4 members (excludes halogenated alkanes) is 2. The van der Waals surface area contributed by atoms with Crippen molar-refractivity contribution in [1.29, 1.82) is 0 Å². The highest BCUT2D eigenvalue weighted by atomic mass is 16.5. The van der Waals surface area contributed by atoms with Gasteiger partial charge in [-0.3, -0.25) is 4.79 Å². The zero-order valence-corrected chi connectivity index (χ0v) is 23.8. The number of ether oxygens (including phenoxy) is 2. The summed E-state index contributed by atoms with van der Waals surface area (Å²) in [5, 5.41) is 2.97. The Kier molecular flexibility index (Phi) is 10.8. The second-order valence-corrected chi connectivity index (χ2v) is 10.2. The molecule has 0 atom stereocenters. The van der Waals surface area contributed by atoms with E-state index in [4.69, 9.17) is 14.5 Å². The van der Waals surface area contributed by atoms with Crippen LogP contribution in [0.4, 0.5) is 0 Å². The van der Waals surface area contributed by atoms with Crippen molar-refractivity contribution in [2.75, 3.05) is 19.8 Å². The van der Waals surface area contributed by atoms with Crippen LogP contribution >= 0.6 is 0 Å². The van der Waals surface area contributed by atoms with Gasteiger partial charge in [-0.2, -0.15) is 0 Å². The third kappa shape index (κ3) is 8.22. The lowest BCUT2D eigenvalue weighted by Crippen LogP contribution is -2.29. The number of hydrogen-bond acceptors (Lipinski definition) is 4. The van der Waals surface area contributed by atoms with Gasteiger partial charge in [-0.25, -0.2) is 4.98 Å². The summed E-state index contributed by atoms with van der Waals surface area (Å²) >= 11 is 0. The van der Waals surface area contributed by atoms with Crippen LogP contribution in [0.2, 0.25) is 0 Å². The van der Waals surface area contributed by atoms with Crippen molar-refractivity contribution in [2.45, 2.75) is 58.9 Å². The Morgan fingerprint density at radius 2 is 1.77 bits per heavy atom. The highest BCUT2D eigenvalue weighted by Crippen LogP contribution is 2.21. The van der Waals surface area contributed by atoms with Crippen molar-refractivity contribution in [3.63, 3.8) is 0 Å². The summed E-state index contributed by atoms with van der Waals surface area (Å²) < 4.78 is 14.2. The minimum atomic E-state index is -0.0861. The topological polar surface area (TPSA) is 65.4 Å². The maximum atomic E-state index is 12.2. The Hall–Kier alpha value is -4.06. The van der Waals surface area contributed by atoms with Crippen LogP contribution in [0.15, 0.2) is 79.4 Å². The fraction of sp³-hybridized carbons (Fsp3) is 0.353. The number of nitrogens with one attached hydrogen (secondary N) is 1. The van der Waals surface area contributed by atoms with Crippen LogP contribution in [0.1, 0.15) is 48.2 Å². The lowest BCUT2D eigenvalue weighted by atomic mass is 10.1. The fourth-order valence-corrected chi connectivity index (χ4v) is 4.81. The molecule has 4 aromatic rings. The molecule has 1 amide bonds. The molecule has 0 fully saturated rings. The molecule has 0 aliphatic carbocycles. The molecule has 1 aromatic heterocycles. The van der Waals surface area contributed by atoms with E-state index in [1.807, 2.05) is 62.4 Å². The average molecular weight is 540 g/mol. The van der Waals surface area contributed by atoms with Crippen molar-refractivity contribution in [2.24, 2.45) is 0 Å². The third-order valence-corrected chi connectivity index (χ3v) is 6.96. The minimum Gasteiger partial charge on any atom is -0.493 e. The van der Waals surface area contributed by atoms with E-state index in [9.17, 15) is 4.79 Å². The molecule has 0 unspecified atom stereocenters. The van der Waals surface area contributed by atoms with Crippen molar-refractivity contribution < 1.29 is 14.3 Å². The van der Waals surface area contributed by atoms with Gasteiger partial charge in [0.25, 0.3) is 5.91 Å². The third-order valence-electron chi connectivity index (χ3n) is 6.96. The van der Waals surface area contributed by atoms with E-state index in [0.29, 0.717) is 13.2 Å². The molecular formula is C34H41N3O3. The smallest absolute Gasteiger partial charge is 0.257 e. The molecule has 210 valence electrons. The second-order valence-electron chi connectivity index (χ2n) is 10.2. The number of fused-ring (bicyclic) bond motifs is 1. The van der Waals surface area contributed by atoms with Crippen LogP contribution < -0.4 is 14.8 Å². The van der Waals surface area contributed by atoms with E-state index in [1.165, 1.54) is 5.52 Å². The summed E-state index contributed by atoms with van der Waals surface area (Å²) in [4.78, 5) is 17.1. The minimum absolute atomic E-state index is 0.0396. The molecule has 0 aliphatic rings. The number of aromatic nitrogens is 2. The van der Waals surface area contributed by atoms with Gasteiger partial charge in [0.2, 0.25) is 0 Å². The van der Waals surface area contributed by atoms with Crippen molar-refractivity contribution in [1.82, 2.24) is 14.9 Å². The molecule has 6 nitrogen and oxygen atoms in total. The fourth-order valence-electron chi connectivity index (χ4n) is 4.81. The van der Waals surface area contributed by atoms with Gasteiger partial charge in [-0.05, 0) is 80.5 Å². The van der Waals surface area contributed by atoms with E-state index >= 15 is 0 Å². The summed E-state index contributed by atoms with van der Waals surface area (Å²) in [7, 11) is 0. The molecular weight excluding hydrogens is 498 g/mol. The summed E-state index contributed by atoms with van der Waals surface area (Å²) in [6, 6.07) is 22.5. The number of para-hydroxylation sites is 3. The van der Waals surface area contributed by atoms with Gasteiger partial charge in [-0.15, -0.1) is 6.58 Å². The Morgan fingerprint density at radius 1 is 0.950 bits per heavy atom. The second kappa shape index (κ2) is 14.9. The number of hydrogen-bond donors (Lipinski definition) is 1. The maximum Gasteiger partial charge on any atom is 0.257 e. The Labute approximate surface area is 238 Å². The van der Waals surface area contributed by atoms with Crippen LogP contribution in [0.3, 0.4) is 0 Å². The van der Waals surface area contributed by atoms with Gasteiger partial charge in [0.1, 0.15) is 17.3 Å². The summed E-state index contributed by atoms with van der Waals surface area (Å²) in [5.74, 6) is 2.72. The van der Waals surface area contributed by atoms with Crippen LogP contribution in [0, 0.1) is 13.8 Å². The Balaban J connectivity index is 1.20. The molecule has 40 heavy (non-hydrogen) atoms. The van der Waals surface area contributed by atoms with E-state index in [0.717, 1.165) is 84.6 Å². The molecule has 0 bridgehead atoms. The SMILES string of the molecule is C=CCc1ccccc1OCCCn1c(CCCCCNC(=O)COc2cc(C)ccc2C)nc2ccccc21. The number of benzene rings is 3. The standard InChI is InChI=1S/C34H41N3O3/c1-4-13-28-14-7-10-17-31(28)39-23-12-22-37-30-16-9-8-15-29(30)36-33(37)18-6-5-11-21-35-34(38)25-40-32-24-26(2)19-20-27(32)3/h4,7-10,14-17,19-20,24H,1,5-6,11-13,18,21-23,25H2,2-3H3,(H,35,38). The molecule has 0 saturated carbocycles. The van der Waals surface area contributed by atoms with Crippen LogP contribution in [-0.2, 0) is 24.2 Å². The summed E-state index contributed by atoms with van der Waals surface area (Å²) in [6.45, 7) is 10.0. The van der Waals surface area contributed by atoms with Crippen LogP contribution in [0.5, 0.6) is 11.5 Å². The first-order chi connectivity index (χ1) is 19.5. The number of aryl methyl sites for hydroxylation is 4. The first-order valence-electron chi connectivity index (χ1n) is 14.3. The summed E-state index contributed by atoms with van der Waals surface area (Å²) in [5.41, 5.74) is 5.52. The molecule has 0 radical (unpaired) electrons. The van der Waals surface area contributed by atoms with E-state index in [-0.39, 0.29) is 12.5 Å². The Morgan fingerprint density at radius 3 is 2.65 bits per heavy atom. The Bertz CT molecular complexity index is 1410. The highest BCUT2D eigenvalue weighted by Gasteiger charge is 2.11. The molecule has 0 saturated heterocycles. The first-order valence-corrected chi connectivity index (χ1v) is 14.3. The molecule has 6 heteroatoms. The van der Waals surface area contributed by atoms with Gasteiger partial charge in [0.15, 0.2) is 6.61 Å². The number of carbonyl (C=O) groups excluding carboxylic acids is 1. The monoisotopic (exact) mass is 539 g/mol. The lowest BCUT2D eigenvalue weighted by molar-refractivity contribution is -0.123. The average Bonchev–Trinajstić information content (AvgIpc) is 3.31. The molecule has 1 N–H and O–H groups in total. The quantitative estimate of drug-likeness (QED) is 0.126. The van der Waals surface area contributed by atoms with E-state index in [2.05, 4.69) is 40.7 Å². The molecule has 4 rings (SSSR count). The number of imidazole rings is 1. The first kappa shape index (κ1) is 28.9. The van der Waals surface area contributed by atoms with E-state index < -0.39 is 0 Å². The molecule has 3 aromatic carbocycles. The maximum absolute atomic E-state index is 12.2. The van der Waals surface area contributed by atoms with Crippen molar-refractivity contribution in [3.8, 4) is 11.5 Å². The van der Waals surface area contributed by atoms with Crippen LogP contribution in [-0.4, -0.2) is 35.2 Å². The van der Waals surface area contributed by atoms with E-state index in [1.54, 1.807) is 0 Å². The van der Waals surface area contributed by atoms with Crippen LogP contribution in [0.25, 0.3) is 11.0 Å². The van der Waals surface area contributed by atoms with Gasteiger partial charge >= 0.3 is 0 Å². The molecule has 0 spiro atoms. The predicted molar refractivity (Wildman–Crippen MR) is 162 cm³/mol. The van der Waals surface area contributed by atoms with Gasteiger partial charge in [0, 0.05) is 19.5 Å². The number of carbonyl (C=O) groups is 1. The normalized spacial score (nSPS) is 10.9. The number of amides is 1. The van der Waals surface area contributed by atoms with Gasteiger partial charge in [0.05, 0.1) is 17.6 Å². The zero-order valence-electron chi connectivity index (χ0n) is 23.8. The molecule has 0 aliphatic heterocycles. The summed E-state index contributed by atoms with van der Waals surface area (Å²) in [6.07, 6.45) is 7.47. The van der Waals surface area contributed by atoms with Gasteiger partial charge in [-0.1, -0.05) is 55.0 Å². The number of allylic oxidation sites excluding steroid dienone is 1. The highest BCUT2D eigenvalue weighted by molar-refractivity contribution is 5.77. The van der Waals surface area contributed by atoms with Crippen molar-refractivity contribution >= 4 is 16.9 Å². The number of nitrogens with zero attached hydrogens (tertiary/aromatic N) is 2. The largest absolute Gasteiger partial charge is 0.493 e. The predicted octanol–water partition coefficient (Wildman–Crippen LogP) is 6.76. The van der Waals surface area contributed by atoms with Crippen molar-refractivity contribution in [3.05, 3.63) is 102 Å². The number of rotatable bonds is 16. The van der Waals surface area contributed by atoms with Gasteiger partial charge < -0.3 is 19.4 Å². The zero-order chi connectivity index (χ0) is 28.2. The molecule has 1 heterocycles.